The standard InChI is InChI=1S/C13H19ClO/c1-9(2)10-6-7-13(3)11(12(10)14)5-4-8-15-13/h6,9H,4-5,7-8H2,1-3H3. The van der Waals surface area contributed by atoms with Crippen molar-refractivity contribution in [1.29, 1.82) is 0 Å². The molecule has 1 aliphatic carbocycles. The smallest absolute Gasteiger partial charge is 0.0915 e. The van der Waals surface area contributed by atoms with Crippen LogP contribution in [-0.4, -0.2) is 12.2 Å². The number of hydrogen-bond donors (Lipinski definition) is 0. The van der Waals surface area contributed by atoms with E-state index in [1.165, 1.54) is 11.1 Å². The number of hydrogen-bond acceptors (Lipinski definition) is 1. The Kier molecular flexibility index (Phi) is 2.96. The summed E-state index contributed by atoms with van der Waals surface area (Å²) in [5.74, 6) is 0.511. The Labute approximate surface area is 97.1 Å². The average molecular weight is 227 g/mol. The summed E-state index contributed by atoms with van der Waals surface area (Å²) in [5, 5.41) is 0.971. The molecule has 0 N–H and O–H groups in total. The summed E-state index contributed by atoms with van der Waals surface area (Å²) in [6, 6.07) is 0. The van der Waals surface area contributed by atoms with Gasteiger partial charge in [0.25, 0.3) is 0 Å². The third kappa shape index (κ3) is 1.88. The summed E-state index contributed by atoms with van der Waals surface area (Å²) in [4.78, 5) is 0. The van der Waals surface area contributed by atoms with Crippen LogP contribution in [0.2, 0.25) is 0 Å². The minimum Gasteiger partial charge on any atom is -0.371 e. The highest BCUT2D eigenvalue weighted by atomic mass is 35.5. The Balaban J connectivity index is 2.37. The fraction of sp³-hybridized carbons (Fsp3) is 0.692. The lowest BCUT2D eigenvalue weighted by Crippen LogP contribution is -2.37. The van der Waals surface area contributed by atoms with Crippen LogP contribution in [-0.2, 0) is 4.74 Å². The minimum atomic E-state index is -0.117. The molecule has 2 heteroatoms. The van der Waals surface area contributed by atoms with Crippen LogP contribution in [0, 0.1) is 5.92 Å². The molecule has 1 saturated heterocycles. The quantitative estimate of drug-likeness (QED) is 0.656. The van der Waals surface area contributed by atoms with Gasteiger partial charge in [-0.3, -0.25) is 0 Å². The maximum atomic E-state index is 6.47. The molecule has 15 heavy (non-hydrogen) atoms. The largest absolute Gasteiger partial charge is 0.371 e. The lowest BCUT2D eigenvalue weighted by Gasteiger charge is -2.40. The van der Waals surface area contributed by atoms with Crippen molar-refractivity contribution in [2.75, 3.05) is 6.61 Å². The molecular weight excluding hydrogens is 208 g/mol. The van der Waals surface area contributed by atoms with E-state index in [1.807, 2.05) is 0 Å². The zero-order valence-electron chi connectivity index (χ0n) is 9.77. The van der Waals surface area contributed by atoms with Gasteiger partial charge in [0.05, 0.1) is 5.60 Å². The van der Waals surface area contributed by atoms with E-state index in [2.05, 4.69) is 26.8 Å². The molecule has 0 spiro atoms. The molecule has 0 amide bonds. The summed E-state index contributed by atoms with van der Waals surface area (Å²) in [6.07, 6.45) is 5.43. The second kappa shape index (κ2) is 3.95. The van der Waals surface area contributed by atoms with E-state index in [-0.39, 0.29) is 5.60 Å². The third-order valence-electron chi connectivity index (χ3n) is 3.48. The van der Waals surface area contributed by atoms with E-state index in [4.69, 9.17) is 16.3 Å². The van der Waals surface area contributed by atoms with Gasteiger partial charge >= 0.3 is 0 Å². The van der Waals surface area contributed by atoms with Gasteiger partial charge in [-0.2, -0.15) is 0 Å². The molecule has 0 aromatic rings. The first-order valence-corrected chi connectivity index (χ1v) is 6.16. The molecule has 1 unspecified atom stereocenters. The minimum absolute atomic E-state index is 0.117. The Bertz CT molecular complexity index is 327. The van der Waals surface area contributed by atoms with Crippen LogP contribution in [0.1, 0.15) is 40.0 Å². The Morgan fingerprint density at radius 2 is 2.20 bits per heavy atom. The van der Waals surface area contributed by atoms with Crippen molar-refractivity contribution >= 4 is 11.6 Å². The van der Waals surface area contributed by atoms with E-state index in [0.717, 1.165) is 30.9 Å². The maximum Gasteiger partial charge on any atom is 0.0915 e. The second-order valence-corrected chi connectivity index (χ2v) is 5.37. The van der Waals surface area contributed by atoms with Crippen LogP contribution in [0.25, 0.3) is 0 Å². The molecule has 0 radical (unpaired) electrons. The number of rotatable bonds is 1. The predicted octanol–water partition coefficient (Wildman–Crippen LogP) is 4.03. The summed E-state index contributed by atoms with van der Waals surface area (Å²) >= 11 is 6.47. The number of allylic oxidation sites excluding steroid dienone is 2. The molecule has 2 aliphatic rings. The van der Waals surface area contributed by atoms with E-state index in [0.29, 0.717) is 5.92 Å². The highest BCUT2D eigenvalue weighted by Crippen LogP contribution is 2.44. The van der Waals surface area contributed by atoms with Crippen molar-refractivity contribution < 1.29 is 4.74 Å². The van der Waals surface area contributed by atoms with Crippen LogP contribution < -0.4 is 0 Å². The van der Waals surface area contributed by atoms with Crippen LogP contribution in [0.3, 0.4) is 0 Å². The summed E-state index contributed by atoms with van der Waals surface area (Å²) in [5.41, 5.74) is 2.50. The molecule has 0 aromatic heterocycles. The topological polar surface area (TPSA) is 9.23 Å². The lowest BCUT2D eigenvalue weighted by atomic mass is 9.79. The van der Waals surface area contributed by atoms with Crippen molar-refractivity contribution in [1.82, 2.24) is 0 Å². The first kappa shape index (κ1) is 11.2. The van der Waals surface area contributed by atoms with Crippen LogP contribution >= 0.6 is 11.6 Å². The van der Waals surface area contributed by atoms with Crippen LogP contribution in [0.5, 0.6) is 0 Å². The molecule has 0 bridgehead atoms. The van der Waals surface area contributed by atoms with Gasteiger partial charge in [-0.1, -0.05) is 31.5 Å². The van der Waals surface area contributed by atoms with E-state index >= 15 is 0 Å². The van der Waals surface area contributed by atoms with Crippen LogP contribution in [0.15, 0.2) is 22.3 Å². The van der Waals surface area contributed by atoms with Crippen molar-refractivity contribution in [3.8, 4) is 0 Å². The monoisotopic (exact) mass is 226 g/mol. The molecule has 1 aliphatic heterocycles. The van der Waals surface area contributed by atoms with Gasteiger partial charge < -0.3 is 4.74 Å². The van der Waals surface area contributed by atoms with E-state index < -0.39 is 0 Å². The SMILES string of the molecule is CC(C)C1=CCC2(C)OCCCC2=C1Cl. The van der Waals surface area contributed by atoms with Gasteiger partial charge in [0.1, 0.15) is 0 Å². The van der Waals surface area contributed by atoms with Gasteiger partial charge in [0.15, 0.2) is 0 Å². The second-order valence-electron chi connectivity index (χ2n) is 4.99. The Hall–Kier alpha value is -0.270. The average Bonchev–Trinajstić information content (AvgIpc) is 2.17. The van der Waals surface area contributed by atoms with Crippen LogP contribution in [0.4, 0.5) is 0 Å². The van der Waals surface area contributed by atoms with Gasteiger partial charge in [0, 0.05) is 11.6 Å². The van der Waals surface area contributed by atoms with Gasteiger partial charge in [-0.05, 0) is 43.3 Å². The Morgan fingerprint density at radius 3 is 2.87 bits per heavy atom. The highest BCUT2D eigenvalue weighted by Gasteiger charge is 2.37. The Morgan fingerprint density at radius 1 is 1.47 bits per heavy atom. The first-order chi connectivity index (χ1) is 7.04. The highest BCUT2D eigenvalue weighted by molar-refractivity contribution is 6.32. The number of ether oxygens (including phenoxy) is 1. The van der Waals surface area contributed by atoms with Gasteiger partial charge in [-0.15, -0.1) is 0 Å². The molecule has 2 rings (SSSR count). The van der Waals surface area contributed by atoms with Crippen molar-refractivity contribution in [3.05, 3.63) is 22.3 Å². The van der Waals surface area contributed by atoms with Gasteiger partial charge in [-0.25, -0.2) is 0 Å². The lowest BCUT2D eigenvalue weighted by molar-refractivity contribution is -0.0252. The third-order valence-corrected chi connectivity index (χ3v) is 3.93. The molecule has 0 saturated carbocycles. The van der Waals surface area contributed by atoms with E-state index in [9.17, 15) is 0 Å². The molecule has 84 valence electrons. The normalized spacial score (nSPS) is 31.7. The molecule has 1 fully saturated rings. The fourth-order valence-electron chi connectivity index (χ4n) is 2.48. The molecule has 0 aromatic carbocycles. The first-order valence-electron chi connectivity index (χ1n) is 5.78. The number of fused-ring (bicyclic) bond motifs is 1. The van der Waals surface area contributed by atoms with Crippen molar-refractivity contribution in [3.63, 3.8) is 0 Å². The predicted molar refractivity (Wildman–Crippen MR) is 64.0 cm³/mol. The van der Waals surface area contributed by atoms with Crippen molar-refractivity contribution in [2.24, 2.45) is 5.92 Å². The fourth-order valence-corrected chi connectivity index (χ4v) is 3.07. The number of halogens is 1. The summed E-state index contributed by atoms with van der Waals surface area (Å²) in [7, 11) is 0. The molecule has 1 atom stereocenters. The van der Waals surface area contributed by atoms with Crippen molar-refractivity contribution in [2.45, 2.75) is 45.6 Å². The summed E-state index contributed by atoms with van der Waals surface area (Å²) in [6.45, 7) is 7.43. The zero-order chi connectivity index (χ0) is 11.1. The summed E-state index contributed by atoms with van der Waals surface area (Å²) < 4.78 is 5.88. The zero-order valence-corrected chi connectivity index (χ0v) is 10.5. The van der Waals surface area contributed by atoms with Gasteiger partial charge in [0.2, 0.25) is 0 Å². The molecule has 1 nitrogen and oxygen atoms in total. The maximum absolute atomic E-state index is 6.47. The van der Waals surface area contributed by atoms with E-state index in [1.54, 1.807) is 0 Å². The molecular formula is C13H19ClO. The molecule has 1 heterocycles.